The average molecular weight is 329 g/mol. The molecule has 0 amide bonds. The number of pyridine rings is 1. The van der Waals surface area contributed by atoms with Crippen molar-refractivity contribution in [3.63, 3.8) is 0 Å². The van der Waals surface area contributed by atoms with Gasteiger partial charge in [0.25, 0.3) is 0 Å². The second-order valence-electron chi connectivity index (χ2n) is 5.41. The molecule has 112 valence electrons. The summed E-state index contributed by atoms with van der Waals surface area (Å²) >= 11 is 3.00. The first-order chi connectivity index (χ1) is 10.5. The van der Waals surface area contributed by atoms with E-state index in [2.05, 4.69) is 11.1 Å². The lowest BCUT2D eigenvalue weighted by Gasteiger charge is -2.16. The molecule has 0 radical (unpaired) electrons. The number of fused-ring (bicyclic) bond motifs is 1. The lowest BCUT2D eigenvalue weighted by atomic mass is 10.1. The fraction of sp³-hybridized carbons (Fsp3) is 0.176. The highest BCUT2D eigenvalue weighted by Gasteiger charge is 2.29. The fourth-order valence-electron chi connectivity index (χ4n) is 2.13. The number of aromatic nitrogens is 1. The Balaban J connectivity index is 1.98. The van der Waals surface area contributed by atoms with Crippen LogP contribution in [-0.4, -0.2) is 20.8 Å². The minimum atomic E-state index is -0.831. The molecule has 0 fully saturated rings. The van der Waals surface area contributed by atoms with Gasteiger partial charge in [-0.2, -0.15) is 0 Å². The first-order valence-electron chi connectivity index (χ1n) is 6.84. The Morgan fingerprint density at radius 3 is 2.73 bits per heavy atom. The molecule has 0 spiro atoms. The Bertz CT molecular complexity index is 834. The molecule has 5 heteroatoms. The van der Waals surface area contributed by atoms with Gasteiger partial charge in [-0.3, -0.25) is 9.78 Å². The Labute approximate surface area is 137 Å². The highest BCUT2D eigenvalue weighted by molar-refractivity contribution is 8.03. The summed E-state index contributed by atoms with van der Waals surface area (Å²) in [7, 11) is 0. The maximum Gasteiger partial charge on any atom is 0.319 e. The molecule has 0 saturated heterocycles. The zero-order valence-electron chi connectivity index (χ0n) is 12.2. The van der Waals surface area contributed by atoms with E-state index in [-0.39, 0.29) is 0 Å². The molecule has 2 heterocycles. The molecule has 0 aliphatic carbocycles. The quantitative estimate of drug-likeness (QED) is 0.690. The van der Waals surface area contributed by atoms with Crippen molar-refractivity contribution in [3.8, 4) is 10.4 Å². The van der Waals surface area contributed by atoms with Crippen molar-refractivity contribution in [2.24, 2.45) is 0 Å². The third kappa shape index (κ3) is 2.87. The number of nitrogens with zero attached hydrogens (tertiary/aromatic N) is 1. The predicted molar refractivity (Wildman–Crippen MR) is 92.6 cm³/mol. The van der Waals surface area contributed by atoms with E-state index in [0.717, 1.165) is 25.6 Å². The van der Waals surface area contributed by atoms with E-state index >= 15 is 0 Å². The average Bonchev–Trinajstić information content (AvgIpc) is 2.94. The molecule has 3 rings (SSSR count). The Hall–Kier alpha value is -1.85. The molecule has 0 aliphatic rings. The van der Waals surface area contributed by atoms with E-state index in [9.17, 15) is 9.90 Å². The van der Waals surface area contributed by atoms with E-state index in [4.69, 9.17) is 0 Å². The number of benzene rings is 1. The van der Waals surface area contributed by atoms with Crippen molar-refractivity contribution >= 4 is 40.0 Å². The van der Waals surface area contributed by atoms with Crippen LogP contribution in [0.15, 0.2) is 52.9 Å². The van der Waals surface area contributed by atoms with Crippen LogP contribution in [0, 0.1) is 0 Å². The minimum Gasteiger partial charge on any atom is -0.480 e. The van der Waals surface area contributed by atoms with Gasteiger partial charge in [-0.25, -0.2) is 0 Å². The Morgan fingerprint density at radius 1 is 1.18 bits per heavy atom. The summed E-state index contributed by atoms with van der Waals surface area (Å²) in [5.74, 6) is -0.804. The van der Waals surface area contributed by atoms with Crippen molar-refractivity contribution in [3.05, 3.63) is 48.7 Å². The summed E-state index contributed by atoms with van der Waals surface area (Å²) in [4.78, 5) is 16.8. The number of hydrogen-bond acceptors (Lipinski definition) is 4. The van der Waals surface area contributed by atoms with Gasteiger partial charge >= 0.3 is 5.97 Å². The largest absolute Gasteiger partial charge is 0.480 e. The predicted octanol–water partition coefficient (Wildman–Crippen LogP) is 4.92. The molecule has 3 nitrogen and oxygen atoms in total. The normalized spacial score (nSPS) is 11.7. The van der Waals surface area contributed by atoms with Crippen molar-refractivity contribution in [1.82, 2.24) is 4.98 Å². The smallest absolute Gasteiger partial charge is 0.319 e. The van der Waals surface area contributed by atoms with Gasteiger partial charge in [0.2, 0.25) is 0 Å². The first-order valence-corrected chi connectivity index (χ1v) is 8.47. The van der Waals surface area contributed by atoms with Crippen LogP contribution in [0.2, 0.25) is 0 Å². The summed E-state index contributed by atoms with van der Waals surface area (Å²) in [6.07, 6.45) is 1.81. The van der Waals surface area contributed by atoms with Crippen molar-refractivity contribution in [1.29, 1.82) is 0 Å². The first kappa shape index (κ1) is 15.1. The number of carboxylic acid groups (broad SMARTS) is 1. The Kier molecular flexibility index (Phi) is 3.93. The lowest BCUT2D eigenvalue weighted by molar-refractivity contribution is -0.138. The second kappa shape index (κ2) is 5.74. The Morgan fingerprint density at radius 2 is 1.95 bits per heavy atom. The topological polar surface area (TPSA) is 50.2 Å². The van der Waals surface area contributed by atoms with Gasteiger partial charge in [-0.1, -0.05) is 30.0 Å². The fourth-order valence-corrected chi connectivity index (χ4v) is 4.69. The van der Waals surface area contributed by atoms with E-state index in [1.54, 1.807) is 25.2 Å². The number of thiophene rings is 1. The van der Waals surface area contributed by atoms with Crippen LogP contribution in [0.5, 0.6) is 0 Å². The monoisotopic (exact) mass is 329 g/mol. The van der Waals surface area contributed by atoms with E-state index in [0.29, 0.717) is 0 Å². The summed E-state index contributed by atoms with van der Waals surface area (Å²) in [5, 5.41) is 10.4. The van der Waals surface area contributed by atoms with Gasteiger partial charge in [0.1, 0.15) is 4.75 Å². The molecule has 0 saturated carbocycles. The molecule has 0 unspecified atom stereocenters. The van der Waals surface area contributed by atoms with Gasteiger partial charge in [0.15, 0.2) is 0 Å². The van der Waals surface area contributed by atoms with Crippen molar-refractivity contribution in [2.75, 3.05) is 0 Å². The number of aliphatic carboxylic acids is 1. The van der Waals surface area contributed by atoms with Gasteiger partial charge < -0.3 is 5.11 Å². The molecule has 2 aromatic heterocycles. The third-order valence-electron chi connectivity index (χ3n) is 3.37. The zero-order valence-corrected chi connectivity index (χ0v) is 13.9. The standard InChI is InChI=1S/C17H15NO2S2/c1-17(2,16(19)20)22-15-8-7-14(21-15)12-9-10-18-13-6-4-3-5-11(12)13/h3-10H,1-2H3,(H,19,20). The van der Waals surface area contributed by atoms with Crippen LogP contribution < -0.4 is 0 Å². The summed E-state index contributed by atoms with van der Waals surface area (Å²) in [5.41, 5.74) is 2.10. The molecular weight excluding hydrogens is 314 g/mol. The molecule has 22 heavy (non-hydrogen) atoms. The van der Waals surface area contributed by atoms with E-state index < -0.39 is 10.7 Å². The van der Waals surface area contributed by atoms with Crippen LogP contribution in [0.3, 0.4) is 0 Å². The number of para-hydroxylation sites is 1. The van der Waals surface area contributed by atoms with Crippen LogP contribution in [0.25, 0.3) is 21.3 Å². The SMILES string of the molecule is CC(C)(Sc1ccc(-c2ccnc3ccccc23)s1)C(=O)O. The second-order valence-corrected chi connectivity index (χ2v) is 8.42. The summed E-state index contributed by atoms with van der Waals surface area (Å²) in [6, 6.07) is 14.1. The maximum atomic E-state index is 11.3. The zero-order chi connectivity index (χ0) is 15.7. The number of rotatable bonds is 4. The van der Waals surface area contributed by atoms with Gasteiger partial charge in [-0.05, 0) is 38.1 Å². The van der Waals surface area contributed by atoms with Gasteiger partial charge in [0, 0.05) is 22.0 Å². The number of hydrogen-bond donors (Lipinski definition) is 1. The summed E-state index contributed by atoms with van der Waals surface area (Å²) < 4.78 is 0.172. The van der Waals surface area contributed by atoms with Gasteiger partial charge in [-0.15, -0.1) is 11.3 Å². The lowest BCUT2D eigenvalue weighted by Crippen LogP contribution is -2.26. The highest BCUT2D eigenvalue weighted by Crippen LogP contribution is 2.41. The highest BCUT2D eigenvalue weighted by atomic mass is 32.2. The summed E-state index contributed by atoms with van der Waals surface area (Å²) in [6.45, 7) is 3.45. The molecule has 1 N–H and O–H groups in total. The minimum absolute atomic E-state index is 0.804. The van der Waals surface area contributed by atoms with Crippen molar-refractivity contribution < 1.29 is 9.90 Å². The number of carboxylic acids is 1. The van der Waals surface area contributed by atoms with Crippen molar-refractivity contribution in [2.45, 2.75) is 22.8 Å². The molecular formula is C17H15NO2S2. The van der Waals surface area contributed by atoms with E-state index in [1.807, 2.05) is 42.6 Å². The van der Waals surface area contributed by atoms with Crippen LogP contribution in [0.1, 0.15) is 13.8 Å². The molecule has 0 aliphatic heterocycles. The van der Waals surface area contributed by atoms with Crippen LogP contribution in [0.4, 0.5) is 0 Å². The van der Waals surface area contributed by atoms with Crippen LogP contribution >= 0.6 is 23.1 Å². The maximum absolute atomic E-state index is 11.3. The number of carbonyl (C=O) groups is 1. The van der Waals surface area contributed by atoms with Crippen LogP contribution in [-0.2, 0) is 4.79 Å². The molecule has 0 bridgehead atoms. The number of thioether (sulfide) groups is 1. The van der Waals surface area contributed by atoms with E-state index in [1.165, 1.54) is 11.8 Å². The molecule has 1 aromatic carbocycles. The third-order valence-corrected chi connectivity index (χ3v) is 5.80. The molecule has 0 atom stereocenters. The molecule has 3 aromatic rings. The van der Waals surface area contributed by atoms with Gasteiger partial charge in [0.05, 0.1) is 9.73 Å².